The van der Waals surface area contributed by atoms with E-state index in [1.165, 1.54) is 6.92 Å². The van der Waals surface area contributed by atoms with Crippen LogP contribution in [0.2, 0.25) is 0 Å². The van der Waals surface area contributed by atoms with Crippen LogP contribution < -0.4 is 10.1 Å². The van der Waals surface area contributed by atoms with Crippen LogP contribution in [-0.2, 0) is 22.6 Å². The summed E-state index contributed by atoms with van der Waals surface area (Å²) < 4.78 is 5.71. The van der Waals surface area contributed by atoms with Crippen molar-refractivity contribution in [2.75, 3.05) is 6.54 Å². The zero-order valence-corrected chi connectivity index (χ0v) is 13.6. The minimum atomic E-state index is -1.12. The number of ether oxygens (including phenoxy) is 1. The number of hydrogen-bond acceptors (Lipinski definition) is 3. The molecule has 0 saturated heterocycles. The van der Waals surface area contributed by atoms with Crippen LogP contribution in [0.1, 0.15) is 18.1 Å². The topological polar surface area (TPSA) is 75.6 Å². The van der Waals surface area contributed by atoms with Gasteiger partial charge >= 0.3 is 5.97 Å². The Balaban J connectivity index is 1.76. The normalized spacial score (nSPS) is 11.5. The molecule has 126 valence electrons. The van der Waals surface area contributed by atoms with E-state index in [2.05, 4.69) is 5.32 Å². The molecule has 0 aliphatic rings. The van der Waals surface area contributed by atoms with Gasteiger partial charge in [0.25, 0.3) is 0 Å². The van der Waals surface area contributed by atoms with Gasteiger partial charge in [-0.3, -0.25) is 9.59 Å². The summed E-state index contributed by atoms with van der Waals surface area (Å²) in [5.41, 5.74) is 2.15. The zero-order valence-electron chi connectivity index (χ0n) is 13.6. The maximum atomic E-state index is 11.5. The second-order valence-electron chi connectivity index (χ2n) is 5.52. The van der Waals surface area contributed by atoms with Crippen LogP contribution >= 0.6 is 0 Å². The Morgan fingerprint density at radius 3 is 2.33 bits per heavy atom. The minimum absolute atomic E-state index is 0.403. The standard InChI is InChI=1S/C19H21NO4/c1-14(19(22)23)18(21)20-12-11-15-7-9-17(10-8-15)24-13-16-5-3-2-4-6-16/h2-10,14H,11-13H2,1H3,(H,20,21)(H,22,23). The van der Waals surface area contributed by atoms with Crippen molar-refractivity contribution in [3.8, 4) is 5.75 Å². The highest BCUT2D eigenvalue weighted by Gasteiger charge is 2.19. The fourth-order valence-electron chi connectivity index (χ4n) is 2.09. The van der Waals surface area contributed by atoms with E-state index in [4.69, 9.17) is 9.84 Å². The van der Waals surface area contributed by atoms with E-state index in [0.29, 0.717) is 19.6 Å². The molecule has 0 aliphatic carbocycles. The zero-order chi connectivity index (χ0) is 17.4. The molecule has 0 saturated carbocycles. The van der Waals surface area contributed by atoms with Crippen LogP contribution in [0.3, 0.4) is 0 Å². The third-order valence-corrected chi connectivity index (χ3v) is 3.65. The largest absolute Gasteiger partial charge is 0.489 e. The number of rotatable bonds is 8. The Morgan fingerprint density at radius 2 is 1.71 bits per heavy atom. The van der Waals surface area contributed by atoms with E-state index in [1.807, 2.05) is 54.6 Å². The highest BCUT2D eigenvalue weighted by molar-refractivity contribution is 5.96. The summed E-state index contributed by atoms with van der Waals surface area (Å²) >= 11 is 0. The summed E-state index contributed by atoms with van der Waals surface area (Å²) in [4.78, 5) is 22.2. The number of benzene rings is 2. The number of hydrogen-bond donors (Lipinski definition) is 2. The lowest BCUT2D eigenvalue weighted by Gasteiger charge is -2.09. The molecule has 1 unspecified atom stereocenters. The fraction of sp³-hybridized carbons (Fsp3) is 0.263. The molecule has 0 fully saturated rings. The molecular formula is C19H21NO4. The highest BCUT2D eigenvalue weighted by Crippen LogP contribution is 2.14. The Hall–Kier alpha value is -2.82. The van der Waals surface area contributed by atoms with E-state index in [1.54, 1.807) is 0 Å². The first-order chi connectivity index (χ1) is 11.6. The number of aliphatic carboxylic acids is 1. The minimum Gasteiger partial charge on any atom is -0.489 e. The van der Waals surface area contributed by atoms with Crippen molar-refractivity contribution in [3.63, 3.8) is 0 Å². The first-order valence-corrected chi connectivity index (χ1v) is 7.82. The van der Waals surface area contributed by atoms with Gasteiger partial charge in [-0.2, -0.15) is 0 Å². The molecule has 2 N–H and O–H groups in total. The lowest BCUT2D eigenvalue weighted by molar-refractivity contribution is -0.146. The number of carbonyl (C=O) groups excluding carboxylic acids is 1. The lowest BCUT2D eigenvalue weighted by Crippen LogP contribution is -2.34. The predicted molar refractivity (Wildman–Crippen MR) is 90.7 cm³/mol. The molecule has 2 aromatic carbocycles. The molecule has 24 heavy (non-hydrogen) atoms. The number of carboxylic acids is 1. The van der Waals surface area contributed by atoms with Crippen LogP contribution in [0.5, 0.6) is 5.75 Å². The van der Waals surface area contributed by atoms with Crippen molar-refractivity contribution < 1.29 is 19.4 Å². The van der Waals surface area contributed by atoms with Gasteiger partial charge in [0.1, 0.15) is 18.3 Å². The van der Waals surface area contributed by atoms with Gasteiger partial charge in [0, 0.05) is 6.54 Å². The van der Waals surface area contributed by atoms with Crippen molar-refractivity contribution in [1.82, 2.24) is 5.32 Å². The van der Waals surface area contributed by atoms with Gasteiger partial charge in [-0.1, -0.05) is 42.5 Å². The molecule has 1 amide bonds. The van der Waals surface area contributed by atoms with Crippen LogP contribution in [0.15, 0.2) is 54.6 Å². The van der Waals surface area contributed by atoms with Crippen molar-refractivity contribution in [2.45, 2.75) is 20.0 Å². The maximum Gasteiger partial charge on any atom is 0.315 e. The lowest BCUT2D eigenvalue weighted by atomic mass is 10.1. The molecule has 0 radical (unpaired) electrons. The Labute approximate surface area is 141 Å². The molecule has 0 spiro atoms. The molecule has 2 rings (SSSR count). The van der Waals surface area contributed by atoms with Crippen molar-refractivity contribution in [1.29, 1.82) is 0 Å². The molecule has 0 heterocycles. The maximum absolute atomic E-state index is 11.5. The first-order valence-electron chi connectivity index (χ1n) is 7.82. The second kappa shape index (κ2) is 8.72. The quantitative estimate of drug-likeness (QED) is 0.731. The average Bonchev–Trinajstić information content (AvgIpc) is 2.61. The predicted octanol–water partition coefficient (Wildman–Crippen LogP) is 2.65. The van der Waals surface area contributed by atoms with Crippen LogP contribution in [-0.4, -0.2) is 23.5 Å². The van der Waals surface area contributed by atoms with E-state index in [-0.39, 0.29) is 0 Å². The average molecular weight is 327 g/mol. The molecular weight excluding hydrogens is 306 g/mol. The van der Waals surface area contributed by atoms with E-state index < -0.39 is 17.8 Å². The molecule has 1 atom stereocenters. The van der Waals surface area contributed by atoms with Crippen LogP contribution in [0.25, 0.3) is 0 Å². The summed E-state index contributed by atoms with van der Waals surface area (Å²) in [5, 5.41) is 11.4. The first kappa shape index (κ1) is 17.5. The molecule has 0 aliphatic heterocycles. The number of carbonyl (C=O) groups is 2. The van der Waals surface area contributed by atoms with Crippen molar-refractivity contribution in [2.24, 2.45) is 5.92 Å². The smallest absolute Gasteiger partial charge is 0.315 e. The van der Waals surface area contributed by atoms with Gasteiger partial charge in [0.15, 0.2) is 0 Å². The van der Waals surface area contributed by atoms with Crippen LogP contribution in [0.4, 0.5) is 0 Å². The molecule has 5 heteroatoms. The van der Waals surface area contributed by atoms with E-state index in [9.17, 15) is 9.59 Å². The molecule has 5 nitrogen and oxygen atoms in total. The van der Waals surface area contributed by atoms with Crippen molar-refractivity contribution in [3.05, 3.63) is 65.7 Å². The van der Waals surface area contributed by atoms with Gasteiger partial charge < -0.3 is 15.2 Å². The number of amides is 1. The number of nitrogens with one attached hydrogen (secondary N) is 1. The van der Waals surface area contributed by atoms with E-state index in [0.717, 1.165) is 16.9 Å². The SMILES string of the molecule is CC(C(=O)O)C(=O)NCCc1ccc(OCc2ccccc2)cc1. The number of carboxylic acid groups (broad SMARTS) is 1. The second-order valence-corrected chi connectivity index (χ2v) is 5.52. The summed E-state index contributed by atoms with van der Waals surface area (Å²) in [6.45, 7) is 2.29. The van der Waals surface area contributed by atoms with Gasteiger partial charge in [-0.15, -0.1) is 0 Å². The molecule has 2 aromatic rings. The molecule has 0 bridgehead atoms. The van der Waals surface area contributed by atoms with Crippen molar-refractivity contribution >= 4 is 11.9 Å². The Morgan fingerprint density at radius 1 is 1.04 bits per heavy atom. The van der Waals surface area contributed by atoms with E-state index >= 15 is 0 Å². The third-order valence-electron chi connectivity index (χ3n) is 3.65. The van der Waals surface area contributed by atoms with Gasteiger partial charge in [0.05, 0.1) is 0 Å². The summed E-state index contributed by atoms with van der Waals surface area (Å²) in [6, 6.07) is 17.6. The van der Waals surface area contributed by atoms with Gasteiger partial charge in [-0.05, 0) is 36.6 Å². The van der Waals surface area contributed by atoms with Crippen LogP contribution in [0, 0.1) is 5.92 Å². The highest BCUT2D eigenvalue weighted by atomic mass is 16.5. The summed E-state index contributed by atoms with van der Waals surface area (Å²) in [6.07, 6.45) is 0.636. The monoisotopic (exact) mass is 327 g/mol. The Kier molecular flexibility index (Phi) is 6.37. The summed E-state index contributed by atoms with van der Waals surface area (Å²) in [5.74, 6) is -1.83. The molecule has 0 aromatic heterocycles. The summed E-state index contributed by atoms with van der Waals surface area (Å²) in [7, 11) is 0. The van der Waals surface area contributed by atoms with Gasteiger partial charge in [0.2, 0.25) is 5.91 Å². The third kappa shape index (κ3) is 5.43. The fourth-order valence-corrected chi connectivity index (χ4v) is 2.09. The Bertz CT molecular complexity index is 668. The van der Waals surface area contributed by atoms with Gasteiger partial charge in [-0.25, -0.2) is 0 Å².